The van der Waals surface area contributed by atoms with Crippen LogP contribution in [0.1, 0.15) is 12.6 Å². The third kappa shape index (κ3) is 2.64. The molecule has 0 saturated carbocycles. The smallest absolute Gasteiger partial charge is 0.353 e. The molecule has 0 aliphatic heterocycles. The van der Waals surface area contributed by atoms with Gasteiger partial charge in [0.1, 0.15) is 17.3 Å². The van der Waals surface area contributed by atoms with Gasteiger partial charge in [0.15, 0.2) is 0 Å². The summed E-state index contributed by atoms with van der Waals surface area (Å²) in [6.45, 7) is 1.76. The quantitative estimate of drug-likeness (QED) is 0.628. The van der Waals surface area contributed by atoms with Crippen molar-refractivity contribution >= 4 is 21.6 Å². The van der Waals surface area contributed by atoms with E-state index >= 15 is 0 Å². The van der Waals surface area contributed by atoms with E-state index in [-0.39, 0.29) is 17.3 Å². The third-order valence-electron chi connectivity index (χ3n) is 2.66. The first-order valence-electron chi connectivity index (χ1n) is 5.77. The molecule has 0 bridgehead atoms. The molecule has 20 heavy (non-hydrogen) atoms. The average Bonchev–Trinajstić information content (AvgIpc) is 2.70. The van der Waals surface area contributed by atoms with Gasteiger partial charge in [-0.25, -0.2) is 9.07 Å². The minimum atomic E-state index is -0.547. The molecule has 0 saturated heterocycles. The van der Waals surface area contributed by atoms with Crippen LogP contribution in [-0.4, -0.2) is 14.7 Å². The van der Waals surface area contributed by atoms with Gasteiger partial charge in [0.2, 0.25) is 0 Å². The molecule has 6 nitrogen and oxygen atoms in total. The number of rotatable bonds is 4. The van der Waals surface area contributed by atoms with E-state index in [1.54, 1.807) is 6.92 Å². The summed E-state index contributed by atoms with van der Waals surface area (Å²) >= 11 is 3.21. The lowest BCUT2D eigenvalue weighted by molar-refractivity contribution is -0.386. The molecular weight excluding hydrogens is 333 g/mol. The van der Waals surface area contributed by atoms with Crippen molar-refractivity contribution in [3.05, 3.63) is 44.3 Å². The standard InChI is InChI=1S/C12H11BrFN3O3/c1-3-9-11(17(18)19)12(16(2)15-9)20-10-6-7(14)4-5-8(10)13/h4-6H,3H2,1-2H3. The molecule has 0 aliphatic rings. The Morgan fingerprint density at radius 1 is 1.55 bits per heavy atom. The monoisotopic (exact) mass is 343 g/mol. The molecule has 106 valence electrons. The summed E-state index contributed by atoms with van der Waals surface area (Å²) in [5.74, 6) is -0.374. The van der Waals surface area contributed by atoms with Crippen molar-refractivity contribution in [3.63, 3.8) is 0 Å². The van der Waals surface area contributed by atoms with E-state index in [1.165, 1.54) is 23.9 Å². The summed E-state index contributed by atoms with van der Waals surface area (Å²) < 4.78 is 20.5. The zero-order valence-electron chi connectivity index (χ0n) is 10.8. The minimum Gasteiger partial charge on any atom is -0.433 e. The summed E-state index contributed by atoms with van der Waals surface area (Å²) in [5.41, 5.74) is 0.117. The Morgan fingerprint density at radius 3 is 2.85 bits per heavy atom. The molecular formula is C12H11BrFN3O3. The molecule has 0 fully saturated rings. The van der Waals surface area contributed by atoms with Crippen LogP contribution < -0.4 is 4.74 Å². The van der Waals surface area contributed by atoms with Gasteiger partial charge in [0.05, 0.1) is 9.40 Å². The molecule has 1 heterocycles. The van der Waals surface area contributed by atoms with Gasteiger partial charge in [-0.1, -0.05) is 6.92 Å². The normalized spacial score (nSPS) is 10.6. The molecule has 8 heteroatoms. The van der Waals surface area contributed by atoms with Gasteiger partial charge in [0, 0.05) is 13.1 Å². The van der Waals surface area contributed by atoms with Crippen LogP contribution in [0.5, 0.6) is 11.6 Å². The Hall–Kier alpha value is -1.96. The van der Waals surface area contributed by atoms with Crippen LogP contribution in [0, 0.1) is 15.9 Å². The summed E-state index contributed by atoms with van der Waals surface area (Å²) in [6, 6.07) is 3.87. The minimum absolute atomic E-state index is 0.0295. The van der Waals surface area contributed by atoms with Crippen molar-refractivity contribution in [1.29, 1.82) is 0 Å². The number of hydrogen-bond acceptors (Lipinski definition) is 4. The second-order valence-corrected chi connectivity index (χ2v) is 4.87. The Balaban J connectivity index is 2.50. The fraction of sp³-hybridized carbons (Fsp3) is 0.250. The molecule has 2 rings (SSSR count). The summed E-state index contributed by atoms with van der Waals surface area (Å²) in [7, 11) is 1.54. The number of hydrogen-bond donors (Lipinski definition) is 0. The number of ether oxygens (including phenoxy) is 1. The number of nitro groups is 1. The van der Waals surface area contributed by atoms with Crippen LogP contribution in [0.25, 0.3) is 0 Å². The molecule has 0 amide bonds. The van der Waals surface area contributed by atoms with Gasteiger partial charge in [-0.05, 0) is 34.5 Å². The van der Waals surface area contributed by atoms with Crippen LogP contribution in [0.15, 0.2) is 22.7 Å². The summed E-state index contributed by atoms with van der Waals surface area (Å²) in [5, 5.41) is 15.2. The number of aryl methyl sites for hydroxylation is 2. The Labute approximate surface area is 122 Å². The SMILES string of the molecule is CCc1nn(C)c(Oc2cc(F)ccc2Br)c1[N+](=O)[O-]. The first kappa shape index (κ1) is 14.4. The van der Waals surface area contributed by atoms with E-state index < -0.39 is 10.7 Å². The first-order chi connectivity index (χ1) is 9.43. The third-order valence-corrected chi connectivity index (χ3v) is 3.31. The number of nitrogens with zero attached hydrogens (tertiary/aromatic N) is 3. The van der Waals surface area contributed by atoms with E-state index in [4.69, 9.17) is 4.74 Å². The van der Waals surface area contributed by atoms with Crippen molar-refractivity contribution in [2.45, 2.75) is 13.3 Å². The highest BCUT2D eigenvalue weighted by molar-refractivity contribution is 9.10. The molecule has 0 atom stereocenters. The maximum absolute atomic E-state index is 13.2. The van der Waals surface area contributed by atoms with E-state index in [0.29, 0.717) is 16.6 Å². The second kappa shape index (κ2) is 5.58. The molecule has 0 N–H and O–H groups in total. The highest BCUT2D eigenvalue weighted by Crippen LogP contribution is 2.37. The van der Waals surface area contributed by atoms with Crippen molar-refractivity contribution in [2.75, 3.05) is 0 Å². The van der Waals surface area contributed by atoms with E-state index in [2.05, 4.69) is 21.0 Å². The van der Waals surface area contributed by atoms with E-state index in [0.717, 1.165) is 6.07 Å². The molecule has 0 unspecified atom stereocenters. The lowest BCUT2D eigenvalue weighted by atomic mass is 10.3. The van der Waals surface area contributed by atoms with Crippen molar-refractivity contribution in [1.82, 2.24) is 9.78 Å². The van der Waals surface area contributed by atoms with Gasteiger partial charge in [0.25, 0.3) is 5.88 Å². The number of benzene rings is 1. The molecule has 1 aromatic carbocycles. The molecule has 0 spiro atoms. The predicted molar refractivity (Wildman–Crippen MR) is 73.4 cm³/mol. The zero-order valence-corrected chi connectivity index (χ0v) is 12.3. The number of halogens is 2. The van der Waals surface area contributed by atoms with Gasteiger partial charge in [-0.15, -0.1) is 0 Å². The second-order valence-electron chi connectivity index (χ2n) is 4.01. The fourth-order valence-corrected chi connectivity index (χ4v) is 2.07. The van der Waals surface area contributed by atoms with Crippen molar-refractivity contribution < 1.29 is 14.1 Å². The predicted octanol–water partition coefficient (Wildman–Crippen LogP) is 3.58. The highest BCUT2D eigenvalue weighted by Gasteiger charge is 2.28. The van der Waals surface area contributed by atoms with Crippen molar-refractivity contribution in [2.24, 2.45) is 7.05 Å². The lowest BCUT2D eigenvalue weighted by Crippen LogP contribution is -1.98. The zero-order chi connectivity index (χ0) is 14.9. The summed E-state index contributed by atoms with van der Waals surface area (Å²) in [4.78, 5) is 10.6. The van der Waals surface area contributed by atoms with Gasteiger partial charge in [-0.2, -0.15) is 5.10 Å². The maximum Gasteiger partial charge on any atom is 0.353 e. The largest absolute Gasteiger partial charge is 0.433 e. The van der Waals surface area contributed by atoms with Crippen LogP contribution in [0.2, 0.25) is 0 Å². The van der Waals surface area contributed by atoms with Gasteiger partial charge >= 0.3 is 5.69 Å². The Kier molecular flexibility index (Phi) is 4.03. The van der Waals surface area contributed by atoms with Crippen molar-refractivity contribution in [3.8, 4) is 11.6 Å². The van der Waals surface area contributed by atoms with Crippen LogP contribution in [0.3, 0.4) is 0 Å². The lowest BCUT2D eigenvalue weighted by Gasteiger charge is -2.07. The molecule has 0 radical (unpaired) electrons. The topological polar surface area (TPSA) is 70.2 Å². The van der Waals surface area contributed by atoms with E-state index in [1.807, 2.05) is 0 Å². The molecule has 2 aromatic rings. The fourth-order valence-electron chi connectivity index (χ4n) is 1.75. The Bertz CT molecular complexity index is 672. The van der Waals surface area contributed by atoms with Gasteiger partial charge in [-0.3, -0.25) is 10.1 Å². The molecule has 1 aromatic heterocycles. The Morgan fingerprint density at radius 2 is 2.25 bits per heavy atom. The summed E-state index contributed by atoms with van der Waals surface area (Å²) in [6.07, 6.45) is 0.401. The van der Waals surface area contributed by atoms with Crippen LogP contribution >= 0.6 is 15.9 Å². The average molecular weight is 344 g/mol. The van der Waals surface area contributed by atoms with E-state index in [9.17, 15) is 14.5 Å². The number of aromatic nitrogens is 2. The first-order valence-corrected chi connectivity index (χ1v) is 6.56. The maximum atomic E-state index is 13.2. The highest BCUT2D eigenvalue weighted by atomic mass is 79.9. The van der Waals surface area contributed by atoms with Crippen LogP contribution in [-0.2, 0) is 13.5 Å². The van der Waals surface area contributed by atoms with Crippen LogP contribution in [0.4, 0.5) is 10.1 Å². The van der Waals surface area contributed by atoms with Gasteiger partial charge < -0.3 is 4.74 Å². The molecule has 0 aliphatic carbocycles.